The van der Waals surface area contributed by atoms with Crippen LogP contribution in [0.4, 0.5) is 0 Å². The number of nitriles is 1. The summed E-state index contributed by atoms with van der Waals surface area (Å²) in [7, 11) is 0. The molecule has 0 radical (unpaired) electrons. The minimum absolute atomic E-state index is 0.691. The molecule has 3 rings (SSSR count). The molecule has 0 spiro atoms. The fourth-order valence-corrected chi connectivity index (χ4v) is 2.80. The molecule has 1 aliphatic heterocycles. The first-order chi connectivity index (χ1) is 13.0. The Bertz CT molecular complexity index is 790. The number of nitrogens with zero attached hydrogens (tertiary/aromatic N) is 4. The molecule has 27 heavy (non-hydrogen) atoms. The van der Waals surface area contributed by atoms with Crippen molar-refractivity contribution in [1.29, 1.82) is 5.26 Å². The van der Waals surface area contributed by atoms with Crippen molar-refractivity contribution < 1.29 is 19.8 Å². The molecule has 0 amide bonds. The smallest absolute Gasteiger partial charge is 0.414 e. The summed E-state index contributed by atoms with van der Waals surface area (Å²) in [4.78, 5) is 20.7. The van der Waals surface area contributed by atoms with Gasteiger partial charge in [0.05, 0.1) is 24.4 Å². The number of carbonyl (C=O) groups is 2. The van der Waals surface area contributed by atoms with Crippen LogP contribution in [0.2, 0.25) is 0 Å². The van der Waals surface area contributed by atoms with Gasteiger partial charge in [-0.3, -0.25) is 4.68 Å². The highest BCUT2D eigenvalue weighted by Gasteiger charge is 2.10. The Balaban J connectivity index is 0.000000380. The summed E-state index contributed by atoms with van der Waals surface area (Å²) >= 11 is 0. The van der Waals surface area contributed by atoms with Crippen molar-refractivity contribution >= 4 is 11.9 Å². The number of aromatic nitrogens is 2. The third-order valence-electron chi connectivity index (χ3n) is 4.26. The number of aliphatic carboxylic acids is 2. The summed E-state index contributed by atoms with van der Waals surface area (Å²) in [5.74, 6) is -3.65. The fourth-order valence-electron chi connectivity index (χ4n) is 2.80. The number of hydrogen-bond donors (Lipinski definition) is 2. The zero-order chi connectivity index (χ0) is 19.6. The molecule has 8 heteroatoms. The van der Waals surface area contributed by atoms with Crippen LogP contribution in [0.3, 0.4) is 0 Å². The minimum atomic E-state index is -1.82. The second kappa shape index (κ2) is 10.1. The van der Waals surface area contributed by atoms with Crippen molar-refractivity contribution in [1.82, 2.24) is 14.7 Å². The topological polar surface area (TPSA) is 119 Å². The van der Waals surface area contributed by atoms with Crippen LogP contribution in [0, 0.1) is 11.3 Å². The van der Waals surface area contributed by atoms with Crippen molar-refractivity contribution in [3.8, 4) is 17.2 Å². The lowest BCUT2D eigenvalue weighted by Gasteiger charge is -2.26. The average molecular weight is 370 g/mol. The van der Waals surface area contributed by atoms with Crippen molar-refractivity contribution in [2.24, 2.45) is 0 Å². The van der Waals surface area contributed by atoms with E-state index < -0.39 is 11.9 Å². The van der Waals surface area contributed by atoms with Crippen LogP contribution in [0.5, 0.6) is 0 Å². The SMILES string of the molecule is N#Cc1ccc(-c2cnn(CCN3CCCCC3)c2)cc1.O=C(O)C(=O)O. The van der Waals surface area contributed by atoms with E-state index in [1.165, 1.54) is 32.4 Å². The number of piperidine rings is 1. The third kappa shape index (κ3) is 6.56. The average Bonchev–Trinajstić information content (AvgIpc) is 3.17. The summed E-state index contributed by atoms with van der Waals surface area (Å²) in [5, 5.41) is 28.1. The van der Waals surface area contributed by atoms with Gasteiger partial charge >= 0.3 is 11.9 Å². The highest BCUT2D eigenvalue weighted by Crippen LogP contribution is 2.19. The lowest BCUT2D eigenvalue weighted by molar-refractivity contribution is -0.159. The lowest BCUT2D eigenvalue weighted by atomic mass is 10.1. The molecule has 1 aromatic carbocycles. The Morgan fingerprint density at radius 3 is 2.19 bits per heavy atom. The number of carboxylic acid groups (broad SMARTS) is 2. The summed E-state index contributed by atoms with van der Waals surface area (Å²) in [6.07, 6.45) is 8.02. The monoisotopic (exact) mass is 370 g/mol. The van der Waals surface area contributed by atoms with Gasteiger partial charge in [0, 0.05) is 18.3 Å². The van der Waals surface area contributed by atoms with E-state index in [2.05, 4.69) is 22.3 Å². The molecule has 0 aliphatic carbocycles. The van der Waals surface area contributed by atoms with Crippen LogP contribution in [-0.2, 0) is 16.1 Å². The molecular formula is C19H22N4O4. The standard InChI is InChI=1S/C17H20N4.C2H2O4/c18-12-15-4-6-16(7-5-15)17-13-19-21(14-17)11-10-20-8-2-1-3-9-20;3-1(4)2(5)6/h4-7,13-14H,1-3,8-11H2;(H,3,4)(H,5,6). The maximum Gasteiger partial charge on any atom is 0.414 e. The zero-order valence-corrected chi connectivity index (χ0v) is 14.9. The highest BCUT2D eigenvalue weighted by molar-refractivity contribution is 6.27. The van der Waals surface area contributed by atoms with Crippen molar-refractivity contribution in [2.75, 3.05) is 19.6 Å². The maximum atomic E-state index is 9.10. The van der Waals surface area contributed by atoms with E-state index in [0.717, 1.165) is 24.2 Å². The van der Waals surface area contributed by atoms with Gasteiger partial charge in [-0.15, -0.1) is 0 Å². The molecule has 8 nitrogen and oxygen atoms in total. The van der Waals surface area contributed by atoms with Gasteiger partial charge in [-0.1, -0.05) is 18.6 Å². The molecule has 0 unspecified atom stereocenters. The Morgan fingerprint density at radius 2 is 1.63 bits per heavy atom. The Labute approximate surface area is 157 Å². The first-order valence-corrected chi connectivity index (χ1v) is 8.71. The van der Waals surface area contributed by atoms with E-state index >= 15 is 0 Å². The molecule has 0 atom stereocenters. The largest absolute Gasteiger partial charge is 0.473 e. The maximum absolute atomic E-state index is 9.10. The molecule has 1 aliphatic rings. The van der Waals surface area contributed by atoms with Gasteiger partial charge in [0.2, 0.25) is 0 Å². The molecule has 0 bridgehead atoms. The quantitative estimate of drug-likeness (QED) is 0.791. The third-order valence-corrected chi connectivity index (χ3v) is 4.26. The van der Waals surface area contributed by atoms with Crippen LogP contribution in [0.1, 0.15) is 24.8 Å². The van der Waals surface area contributed by atoms with Gasteiger partial charge in [0.15, 0.2) is 0 Å². The van der Waals surface area contributed by atoms with E-state index in [-0.39, 0.29) is 0 Å². The number of benzene rings is 1. The normalized spacial score (nSPS) is 13.9. The second-order valence-electron chi connectivity index (χ2n) is 6.19. The second-order valence-corrected chi connectivity index (χ2v) is 6.19. The summed E-state index contributed by atoms with van der Waals surface area (Å²) in [5.41, 5.74) is 2.91. The van der Waals surface area contributed by atoms with Gasteiger partial charge in [-0.25, -0.2) is 9.59 Å². The first kappa shape index (κ1) is 20.1. The summed E-state index contributed by atoms with van der Waals surface area (Å²) in [6, 6.07) is 9.79. The lowest BCUT2D eigenvalue weighted by Crippen LogP contribution is -2.32. The summed E-state index contributed by atoms with van der Waals surface area (Å²) < 4.78 is 2.02. The Hall–Kier alpha value is -3.18. The molecule has 1 aromatic heterocycles. The van der Waals surface area contributed by atoms with Crippen LogP contribution >= 0.6 is 0 Å². The van der Waals surface area contributed by atoms with E-state index in [9.17, 15) is 0 Å². The van der Waals surface area contributed by atoms with Crippen LogP contribution in [-0.4, -0.2) is 56.5 Å². The molecule has 142 valence electrons. The van der Waals surface area contributed by atoms with Crippen LogP contribution < -0.4 is 0 Å². The number of carboxylic acids is 2. The van der Waals surface area contributed by atoms with Crippen LogP contribution in [0.15, 0.2) is 36.7 Å². The predicted octanol–water partition coefficient (Wildman–Crippen LogP) is 2.06. The van der Waals surface area contributed by atoms with Crippen molar-refractivity contribution in [2.45, 2.75) is 25.8 Å². The zero-order valence-electron chi connectivity index (χ0n) is 14.9. The van der Waals surface area contributed by atoms with Gasteiger partial charge in [-0.05, 0) is 43.6 Å². The van der Waals surface area contributed by atoms with E-state index in [0.29, 0.717) is 5.56 Å². The first-order valence-electron chi connectivity index (χ1n) is 8.71. The molecule has 2 heterocycles. The van der Waals surface area contributed by atoms with Gasteiger partial charge < -0.3 is 15.1 Å². The number of likely N-dealkylation sites (tertiary alicyclic amines) is 1. The summed E-state index contributed by atoms with van der Waals surface area (Å²) in [6.45, 7) is 4.47. The molecule has 2 N–H and O–H groups in total. The fraction of sp³-hybridized carbons (Fsp3) is 0.368. The molecule has 1 saturated heterocycles. The number of hydrogen-bond acceptors (Lipinski definition) is 5. The highest BCUT2D eigenvalue weighted by atomic mass is 16.4. The predicted molar refractivity (Wildman–Crippen MR) is 97.9 cm³/mol. The van der Waals surface area contributed by atoms with Crippen molar-refractivity contribution in [3.63, 3.8) is 0 Å². The van der Waals surface area contributed by atoms with Crippen LogP contribution in [0.25, 0.3) is 11.1 Å². The van der Waals surface area contributed by atoms with E-state index in [4.69, 9.17) is 25.1 Å². The molecular weight excluding hydrogens is 348 g/mol. The van der Waals surface area contributed by atoms with Crippen molar-refractivity contribution in [3.05, 3.63) is 42.2 Å². The van der Waals surface area contributed by atoms with Gasteiger partial charge in [0.25, 0.3) is 0 Å². The van der Waals surface area contributed by atoms with E-state index in [1.807, 2.05) is 35.1 Å². The Kier molecular flexibility index (Phi) is 7.52. The minimum Gasteiger partial charge on any atom is -0.473 e. The van der Waals surface area contributed by atoms with Gasteiger partial charge in [0.1, 0.15) is 0 Å². The Morgan fingerprint density at radius 1 is 1.00 bits per heavy atom. The molecule has 1 fully saturated rings. The van der Waals surface area contributed by atoms with Gasteiger partial charge in [-0.2, -0.15) is 10.4 Å². The molecule has 0 saturated carbocycles. The number of rotatable bonds is 4. The molecule has 2 aromatic rings. The van der Waals surface area contributed by atoms with E-state index in [1.54, 1.807) is 0 Å².